The van der Waals surface area contributed by atoms with Crippen molar-refractivity contribution < 1.29 is 14.7 Å². The molecular weight excluding hydrogens is 276 g/mol. The Hall–Kier alpha value is -1.22. The fourth-order valence-electron chi connectivity index (χ4n) is 5.86. The van der Waals surface area contributed by atoms with Crippen molar-refractivity contribution in [1.29, 1.82) is 0 Å². The van der Waals surface area contributed by atoms with E-state index in [1.807, 2.05) is 26.0 Å². The molecule has 3 nitrogen and oxygen atoms in total. The summed E-state index contributed by atoms with van der Waals surface area (Å²) in [7, 11) is 0. The molecule has 0 aliphatic heterocycles. The van der Waals surface area contributed by atoms with Gasteiger partial charge in [0.15, 0.2) is 5.78 Å². The fraction of sp³-hybridized carbons (Fsp3) is 0.684. The third-order valence-corrected chi connectivity index (χ3v) is 7.14. The van der Waals surface area contributed by atoms with Crippen LogP contribution in [0.1, 0.15) is 34.1 Å². The van der Waals surface area contributed by atoms with Gasteiger partial charge in [-0.3, -0.25) is 9.59 Å². The molecule has 0 amide bonds. The molecule has 118 valence electrons. The van der Waals surface area contributed by atoms with Crippen molar-refractivity contribution in [2.45, 2.75) is 40.2 Å². The number of hydrogen-bond acceptors (Lipinski definition) is 3. The standard InChI is InChI=1S/C19H24O3/c1-9-7-11-13(20)5-6-19(11)15(16(9)21)14-12(18(14,3)4)8-10(2)17(19)22/h5-7,10-12,14-16,21H,8H2,1-4H3/t10-,11?,12-,14-,15-,16+,19+/m1/s1. The molecule has 0 bridgehead atoms. The first kappa shape index (κ1) is 14.4. The Kier molecular flexibility index (Phi) is 2.61. The smallest absolute Gasteiger partial charge is 0.163 e. The third kappa shape index (κ3) is 1.41. The second-order valence-corrected chi connectivity index (χ2v) is 8.48. The highest BCUT2D eigenvalue weighted by molar-refractivity contribution is 6.05. The Labute approximate surface area is 131 Å². The average Bonchev–Trinajstić information content (AvgIpc) is 2.84. The summed E-state index contributed by atoms with van der Waals surface area (Å²) in [6.45, 7) is 8.38. The predicted molar refractivity (Wildman–Crippen MR) is 82.9 cm³/mol. The second kappa shape index (κ2) is 4.00. The van der Waals surface area contributed by atoms with Gasteiger partial charge in [0.2, 0.25) is 0 Å². The van der Waals surface area contributed by atoms with E-state index in [1.165, 1.54) is 0 Å². The monoisotopic (exact) mass is 300 g/mol. The van der Waals surface area contributed by atoms with Gasteiger partial charge in [0, 0.05) is 11.8 Å². The zero-order chi connectivity index (χ0) is 16.0. The van der Waals surface area contributed by atoms with Gasteiger partial charge in [0.05, 0.1) is 17.4 Å². The van der Waals surface area contributed by atoms with E-state index < -0.39 is 17.4 Å². The van der Waals surface area contributed by atoms with E-state index in [9.17, 15) is 14.7 Å². The van der Waals surface area contributed by atoms with Crippen molar-refractivity contribution in [2.24, 2.45) is 40.4 Å². The summed E-state index contributed by atoms with van der Waals surface area (Å²) in [5, 5.41) is 10.9. The summed E-state index contributed by atoms with van der Waals surface area (Å²) in [4.78, 5) is 25.6. The largest absolute Gasteiger partial charge is 0.388 e. The molecule has 0 aromatic heterocycles. The molecule has 4 aliphatic carbocycles. The lowest BCUT2D eigenvalue weighted by Crippen LogP contribution is -2.53. The molecule has 1 unspecified atom stereocenters. The highest BCUT2D eigenvalue weighted by Crippen LogP contribution is 2.72. The Morgan fingerprint density at radius 1 is 1.23 bits per heavy atom. The van der Waals surface area contributed by atoms with Crippen molar-refractivity contribution in [1.82, 2.24) is 0 Å². The number of rotatable bonds is 0. The first-order valence-electron chi connectivity index (χ1n) is 8.36. The van der Waals surface area contributed by atoms with Gasteiger partial charge in [-0.25, -0.2) is 0 Å². The summed E-state index contributed by atoms with van der Waals surface area (Å²) in [6.07, 6.45) is 5.54. The molecule has 4 rings (SSSR count). The molecule has 0 radical (unpaired) electrons. The minimum absolute atomic E-state index is 0.0220. The Morgan fingerprint density at radius 2 is 1.91 bits per heavy atom. The minimum Gasteiger partial charge on any atom is -0.388 e. The Morgan fingerprint density at radius 3 is 2.59 bits per heavy atom. The second-order valence-electron chi connectivity index (χ2n) is 8.48. The van der Waals surface area contributed by atoms with Crippen LogP contribution in [0.2, 0.25) is 0 Å². The van der Waals surface area contributed by atoms with Crippen LogP contribution in [-0.2, 0) is 9.59 Å². The van der Waals surface area contributed by atoms with Gasteiger partial charge >= 0.3 is 0 Å². The average molecular weight is 300 g/mol. The normalized spacial score (nSPS) is 51.6. The summed E-state index contributed by atoms with van der Waals surface area (Å²) >= 11 is 0. The predicted octanol–water partition coefficient (Wildman–Crippen LogP) is 2.55. The molecule has 4 aliphatic rings. The van der Waals surface area contributed by atoms with Gasteiger partial charge in [-0.1, -0.05) is 32.9 Å². The number of aliphatic hydroxyl groups excluding tert-OH is 1. The minimum atomic E-state index is -0.803. The van der Waals surface area contributed by atoms with Crippen LogP contribution >= 0.6 is 0 Å². The lowest BCUT2D eigenvalue weighted by molar-refractivity contribution is -0.141. The molecule has 2 saturated carbocycles. The van der Waals surface area contributed by atoms with Gasteiger partial charge in [-0.15, -0.1) is 0 Å². The first-order valence-corrected chi connectivity index (χ1v) is 8.36. The number of hydrogen-bond donors (Lipinski definition) is 1. The van der Waals surface area contributed by atoms with E-state index in [4.69, 9.17) is 0 Å². The quantitative estimate of drug-likeness (QED) is 0.700. The van der Waals surface area contributed by atoms with Crippen LogP contribution < -0.4 is 0 Å². The van der Waals surface area contributed by atoms with Gasteiger partial charge in [0.1, 0.15) is 5.78 Å². The summed E-state index contributed by atoms with van der Waals surface area (Å²) in [5.41, 5.74) is 0.198. The Bertz CT molecular complexity index is 641. The number of aliphatic hydroxyl groups is 1. The number of allylic oxidation sites excluding steroid dienone is 3. The first-order chi connectivity index (χ1) is 10.2. The molecule has 3 heteroatoms. The number of Topliss-reactive ketones (excluding diaryl/α,β-unsaturated/α-hetero) is 1. The van der Waals surface area contributed by atoms with Crippen LogP contribution in [-0.4, -0.2) is 22.8 Å². The molecule has 0 aromatic carbocycles. The molecule has 22 heavy (non-hydrogen) atoms. The maximum absolute atomic E-state index is 13.2. The summed E-state index contributed by atoms with van der Waals surface area (Å²) < 4.78 is 0. The number of ketones is 2. The van der Waals surface area contributed by atoms with Crippen LogP contribution in [0.3, 0.4) is 0 Å². The third-order valence-electron chi connectivity index (χ3n) is 7.14. The van der Waals surface area contributed by atoms with E-state index >= 15 is 0 Å². The molecule has 0 heterocycles. The van der Waals surface area contributed by atoms with Crippen molar-refractivity contribution in [3.63, 3.8) is 0 Å². The van der Waals surface area contributed by atoms with Gasteiger partial charge in [-0.05, 0) is 42.2 Å². The van der Waals surface area contributed by atoms with E-state index in [1.54, 1.807) is 6.08 Å². The van der Waals surface area contributed by atoms with E-state index in [2.05, 4.69) is 13.8 Å². The fourth-order valence-corrected chi connectivity index (χ4v) is 5.86. The molecule has 1 spiro atoms. The molecule has 2 fully saturated rings. The molecule has 0 saturated heterocycles. The van der Waals surface area contributed by atoms with Crippen molar-refractivity contribution in [3.8, 4) is 0 Å². The zero-order valence-corrected chi connectivity index (χ0v) is 13.7. The van der Waals surface area contributed by atoms with Crippen LogP contribution in [0.4, 0.5) is 0 Å². The number of carbonyl (C=O) groups is 2. The Balaban J connectivity index is 1.95. The lowest BCUT2D eigenvalue weighted by atomic mass is 9.56. The van der Waals surface area contributed by atoms with Gasteiger partial charge < -0.3 is 5.11 Å². The molecule has 0 aromatic rings. The maximum atomic E-state index is 13.2. The van der Waals surface area contributed by atoms with Crippen molar-refractivity contribution in [3.05, 3.63) is 23.8 Å². The number of fused-ring (bicyclic) bond motifs is 2. The molecular formula is C19H24O3. The SMILES string of the molecule is CC1=CC2C(=O)C=C[C@]23C(=O)[C@H](C)C[C@@H]2[C@H]([C@@H]3[C@H]1O)C2(C)C. The summed E-state index contributed by atoms with van der Waals surface area (Å²) in [6, 6.07) is 0. The number of carbonyl (C=O) groups excluding carboxylic acids is 2. The molecule has 1 N–H and O–H groups in total. The molecule has 7 atom stereocenters. The van der Waals surface area contributed by atoms with Crippen LogP contribution in [0, 0.1) is 40.4 Å². The maximum Gasteiger partial charge on any atom is 0.163 e. The topological polar surface area (TPSA) is 54.4 Å². The highest BCUT2D eigenvalue weighted by atomic mass is 16.3. The lowest BCUT2D eigenvalue weighted by Gasteiger charge is -2.46. The van der Waals surface area contributed by atoms with E-state index in [-0.39, 0.29) is 28.8 Å². The van der Waals surface area contributed by atoms with Crippen LogP contribution in [0.15, 0.2) is 23.8 Å². The van der Waals surface area contributed by atoms with Gasteiger partial charge in [-0.2, -0.15) is 0 Å². The summed E-state index contributed by atoms with van der Waals surface area (Å²) in [5.74, 6) is 0.383. The van der Waals surface area contributed by atoms with Crippen molar-refractivity contribution >= 4 is 11.6 Å². The zero-order valence-electron chi connectivity index (χ0n) is 13.7. The van der Waals surface area contributed by atoms with Crippen molar-refractivity contribution in [2.75, 3.05) is 0 Å². The highest BCUT2D eigenvalue weighted by Gasteiger charge is 2.72. The van der Waals surface area contributed by atoms with Crippen LogP contribution in [0.5, 0.6) is 0 Å². The van der Waals surface area contributed by atoms with Gasteiger partial charge in [0.25, 0.3) is 0 Å². The van der Waals surface area contributed by atoms with E-state index in [0.717, 1.165) is 12.0 Å². The van der Waals surface area contributed by atoms with Crippen LogP contribution in [0.25, 0.3) is 0 Å². The van der Waals surface area contributed by atoms with E-state index in [0.29, 0.717) is 11.8 Å².